The molecule has 1 fully saturated rings. The third kappa shape index (κ3) is 3.99. The lowest BCUT2D eigenvalue weighted by Gasteiger charge is -2.32. The van der Waals surface area contributed by atoms with Crippen molar-refractivity contribution >= 4 is 40.0 Å². The molecule has 1 aromatic heterocycles. The zero-order chi connectivity index (χ0) is 16.2. The average Bonchev–Trinajstić information content (AvgIpc) is 2.59. The topological polar surface area (TPSA) is 58.1 Å². The van der Waals surface area contributed by atoms with E-state index in [-0.39, 0.29) is 11.8 Å². The number of amides is 1. The Kier molecular flexibility index (Phi) is 5.09. The number of aromatic nitrogens is 2. The average molecular weight is 422 g/mol. The summed E-state index contributed by atoms with van der Waals surface area (Å²) in [5, 5.41) is 3.05. The van der Waals surface area contributed by atoms with Gasteiger partial charge in [0.2, 0.25) is 5.91 Å². The minimum absolute atomic E-state index is 0.0234. The summed E-state index contributed by atoms with van der Waals surface area (Å²) in [6, 6.07) is 6.00. The molecule has 5 nitrogen and oxygen atoms in total. The van der Waals surface area contributed by atoms with Gasteiger partial charge in [-0.25, -0.2) is 4.98 Å². The number of anilines is 2. The van der Waals surface area contributed by atoms with Gasteiger partial charge in [0, 0.05) is 34.7 Å². The molecule has 1 aliphatic heterocycles. The predicted octanol–water partition coefficient (Wildman–Crippen LogP) is 3.24. The van der Waals surface area contributed by atoms with E-state index in [4.69, 9.17) is 0 Å². The molecular formula is C17H19IN4O. The highest BCUT2D eigenvalue weighted by molar-refractivity contribution is 14.1. The van der Waals surface area contributed by atoms with E-state index in [0.29, 0.717) is 6.54 Å². The highest BCUT2D eigenvalue weighted by Crippen LogP contribution is 2.23. The van der Waals surface area contributed by atoms with Crippen LogP contribution >= 0.6 is 22.6 Å². The zero-order valence-electron chi connectivity index (χ0n) is 13.0. The smallest absolute Gasteiger partial charge is 0.229 e. The first-order valence-corrected chi connectivity index (χ1v) is 8.79. The Morgan fingerprint density at radius 2 is 2.26 bits per heavy atom. The van der Waals surface area contributed by atoms with Gasteiger partial charge < -0.3 is 10.2 Å². The Hall–Kier alpha value is -1.70. The Bertz CT molecular complexity index is 692. The molecule has 1 saturated heterocycles. The molecule has 0 aliphatic carbocycles. The lowest BCUT2D eigenvalue weighted by Crippen LogP contribution is -2.41. The summed E-state index contributed by atoms with van der Waals surface area (Å²) in [7, 11) is 0. The van der Waals surface area contributed by atoms with E-state index >= 15 is 0 Å². The molecule has 6 heteroatoms. The number of aryl methyl sites for hydroxylation is 1. The first-order valence-electron chi connectivity index (χ1n) is 7.71. The summed E-state index contributed by atoms with van der Waals surface area (Å²) in [6.45, 7) is 3.67. The number of halogens is 1. The zero-order valence-corrected chi connectivity index (χ0v) is 15.2. The van der Waals surface area contributed by atoms with Crippen molar-refractivity contribution in [1.29, 1.82) is 0 Å². The van der Waals surface area contributed by atoms with E-state index in [1.54, 1.807) is 18.6 Å². The lowest BCUT2D eigenvalue weighted by atomic mass is 9.97. The minimum Gasteiger partial charge on any atom is -0.355 e. The highest BCUT2D eigenvalue weighted by Gasteiger charge is 2.26. The van der Waals surface area contributed by atoms with Crippen molar-refractivity contribution in [3.63, 3.8) is 0 Å². The number of nitrogens with zero attached hydrogens (tertiary/aromatic N) is 3. The molecule has 1 aromatic carbocycles. The fourth-order valence-corrected chi connectivity index (χ4v) is 3.28. The fourth-order valence-electron chi connectivity index (χ4n) is 2.77. The summed E-state index contributed by atoms with van der Waals surface area (Å²) >= 11 is 2.29. The van der Waals surface area contributed by atoms with Crippen molar-refractivity contribution in [2.45, 2.75) is 19.8 Å². The van der Waals surface area contributed by atoms with Crippen LogP contribution < -0.4 is 10.2 Å². The molecule has 3 rings (SSSR count). The fraction of sp³-hybridized carbons (Fsp3) is 0.353. The van der Waals surface area contributed by atoms with Crippen LogP contribution in [0.15, 0.2) is 36.8 Å². The first kappa shape index (κ1) is 16.2. The van der Waals surface area contributed by atoms with Crippen LogP contribution in [-0.4, -0.2) is 29.0 Å². The van der Waals surface area contributed by atoms with Crippen molar-refractivity contribution in [3.05, 3.63) is 45.9 Å². The van der Waals surface area contributed by atoms with Crippen LogP contribution in [0.2, 0.25) is 0 Å². The Morgan fingerprint density at radius 3 is 3.00 bits per heavy atom. The minimum atomic E-state index is -0.0234. The van der Waals surface area contributed by atoms with Crippen LogP contribution in [0.5, 0.6) is 0 Å². The Labute approximate surface area is 149 Å². The van der Waals surface area contributed by atoms with Crippen molar-refractivity contribution in [1.82, 2.24) is 9.97 Å². The van der Waals surface area contributed by atoms with Crippen molar-refractivity contribution < 1.29 is 4.79 Å². The van der Waals surface area contributed by atoms with Gasteiger partial charge >= 0.3 is 0 Å². The Morgan fingerprint density at radius 1 is 1.39 bits per heavy atom. The van der Waals surface area contributed by atoms with Crippen LogP contribution in [-0.2, 0) is 4.79 Å². The van der Waals surface area contributed by atoms with E-state index in [2.05, 4.69) is 49.7 Å². The SMILES string of the molecule is Cc1ccc(NC(=O)[C@@H]2CCCN(c3cnccn3)C2)cc1I. The molecule has 2 heterocycles. The van der Waals surface area contributed by atoms with Crippen LogP contribution in [0.25, 0.3) is 0 Å². The third-order valence-corrected chi connectivity index (χ3v) is 5.27. The normalized spacial score (nSPS) is 17.8. The summed E-state index contributed by atoms with van der Waals surface area (Å²) in [5.41, 5.74) is 2.08. The lowest BCUT2D eigenvalue weighted by molar-refractivity contribution is -0.120. The number of carbonyl (C=O) groups is 1. The molecular weight excluding hydrogens is 403 g/mol. The quantitative estimate of drug-likeness (QED) is 0.772. The van der Waals surface area contributed by atoms with Crippen LogP contribution in [0, 0.1) is 16.4 Å². The van der Waals surface area contributed by atoms with Gasteiger partial charge in [0.05, 0.1) is 12.1 Å². The van der Waals surface area contributed by atoms with Crippen molar-refractivity contribution in [2.75, 3.05) is 23.3 Å². The molecule has 0 bridgehead atoms. The summed E-state index contributed by atoms with van der Waals surface area (Å²) in [5.74, 6) is 0.901. The maximum atomic E-state index is 12.6. The second-order valence-electron chi connectivity index (χ2n) is 5.80. The second kappa shape index (κ2) is 7.25. The number of rotatable bonds is 3. The van der Waals surface area contributed by atoms with Gasteiger partial charge in [-0.2, -0.15) is 0 Å². The van der Waals surface area contributed by atoms with Crippen molar-refractivity contribution in [2.24, 2.45) is 5.92 Å². The van der Waals surface area contributed by atoms with Gasteiger partial charge in [-0.1, -0.05) is 6.07 Å². The molecule has 0 unspecified atom stereocenters. The number of hydrogen-bond acceptors (Lipinski definition) is 4. The second-order valence-corrected chi connectivity index (χ2v) is 6.96. The van der Waals surface area contributed by atoms with Gasteiger partial charge in [0.15, 0.2) is 0 Å². The van der Waals surface area contributed by atoms with Crippen LogP contribution in [0.1, 0.15) is 18.4 Å². The maximum absolute atomic E-state index is 12.6. The molecule has 0 spiro atoms. The largest absolute Gasteiger partial charge is 0.355 e. The molecule has 120 valence electrons. The van der Waals surface area contributed by atoms with E-state index < -0.39 is 0 Å². The number of piperidine rings is 1. The predicted molar refractivity (Wildman–Crippen MR) is 99.5 cm³/mol. The van der Waals surface area contributed by atoms with Gasteiger partial charge in [-0.3, -0.25) is 9.78 Å². The summed E-state index contributed by atoms with van der Waals surface area (Å²) in [6.07, 6.45) is 7.00. The number of carbonyl (C=O) groups excluding carboxylic acids is 1. The first-order chi connectivity index (χ1) is 11.1. The van der Waals surface area contributed by atoms with Gasteiger partial charge in [-0.05, 0) is 60.1 Å². The monoisotopic (exact) mass is 422 g/mol. The summed E-state index contributed by atoms with van der Waals surface area (Å²) < 4.78 is 1.16. The Balaban J connectivity index is 1.66. The molecule has 1 N–H and O–H groups in total. The van der Waals surface area contributed by atoms with Crippen LogP contribution in [0.4, 0.5) is 11.5 Å². The number of nitrogens with one attached hydrogen (secondary N) is 1. The van der Waals surface area contributed by atoms with E-state index in [1.807, 2.05) is 18.2 Å². The van der Waals surface area contributed by atoms with Gasteiger partial charge in [0.25, 0.3) is 0 Å². The number of benzene rings is 1. The molecule has 23 heavy (non-hydrogen) atoms. The molecule has 1 amide bonds. The summed E-state index contributed by atoms with van der Waals surface area (Å²) in [4.78, 5) is 23.1. The van der Waals surface area contributed by atoms with Gasteiger partial charge in [0.1, 0.15) is 5.82 Å². The molecule has 2 aromatic rings. The standard InChI is InChI=1S/C17H19IN4O/c1-12-4-5-14(9-15(12)18)21-17(23)13-3-2-8-22(11-13)16-10-19-6-7-20-16/h4-7,9-10,13H,2-3,8,11H2,1H3,(H,21,23)/t13-/m1/s1. The van der Waals surface area contributed by atoms with Crippen LogP contribution in [0.3, 0.4) is 0 Å². The number of hydrogen-bond donors (Lipinski definition) is 1. The molecule has 1 atom stereocenters. The molecule has 0 saturated carbocycles. The van der Waals surface area contributed by atoms with E-state index in [0.717, 1.165) is 34.5 Å². The third-order valence-electron chi connectivity index (χ3n) is 4.11. The highest BCUT2D eigenvalue weighted by atomic mass is 127. The van der Waals surface area contributed by atoms with Gasteiger partial charge in [-0.15, -0.1) is 0 Å². The van der Waals surface area contributed by atoms with E-state index in [1.165, 1.54) is 5.56 Å². The molecule has 0 radical (unpaired) electrons. The molecule has 1 aliphatic rings. The van der Waals surface area contributed by atoms with E-state index in [9.17, 15) is 4.79 Å². The van der Waals surface area contributed by atoms with Crippen molar-refractivity contribution in [3.8, 4) is 0 Å². The maximum Gasteiger partial charge on any atom is 0.229 e.